The molecular formula is C20H32N4O2S. The molecule has 2 N–H and O–H groups in total. The summed E-state index contributed by atoms with van der Waals surface area (Å²) in [4.78, 5) is 5.00. The van der Waals surface area contributed by atoms with Gasteiger partial charge >= 0.3 is 0 Å². The first-order valence-electron chi connectivity index (χ1n) is 10.0. The molecule has 1 heterocycles. The van der Waals surface area contributed by atoms with Crippen LogP contribution in [0, 0.1) is 11.8 Å². The molecule has 2 aliphatic rings. The summed E-state index contributed by atoms with van der Waals surface area (Å²) in [7, 11) is -3.39. The number of piperidine rings is 1. The Bertz CT molecular complexity index is 761. The average Bonchev–Trinajstić information content (AvgIpc) is 3.35. The van der Waals surface area contributed by atoms with Gasteiger partial charge in [-0.15, -0.1) is 0 Å². The molecule has 0 amide bonds. The lowest BCUT2D eigenvalue weighted by Gasteiger charge is -2.30. The van der Waals surface area contributed by atoms with Crippen LogP contribution in [0.4, 0.5) is 0 Å². The molecule has 27 heavy (non-hydrogen) atoms. The molecule has 2 fully saturated rings. The predicted molar refractivity (Wildman–Crippen MR) is 109 cm³/mol. The third-order valence-electron chi connectivity index (χ3n) is 5.38. The highest BCUT2D eigenvalue weighted by Gasteiger charge is 2.33. The second-order valence-corrected chi connectivity index (χ2v) is 9.85. The normalized spacial score (nSPS) is 26.6. The molecule has 0 radical (unpaired) electrons. The van der Waals surface area contributed by atoms with Crippen LogP contribution in [0.1, 0.15) is 45.6 Å². The van der Waals surface area contributed by atoms with E-state index < -0.39 is 10.0 Å². The van der Waals surface area contributed by atoms with E-state index in [2.05, 4.69) is 36.4 Å². The Hall–Kier alpha value is -1.60. The molecule has 0 aromatic heterocycles. The van der Waals surface area contributed by atoms with Crippen molar-refractivity contribution in [2.75, 3.05) is 19.6 Å². The molecule has 1 aliphatic heterocycles. The van der Waals surface area contributed by atoms with Gasteiger partial charge in [0.2, 0.25) is 10.0 Å². The number of nitrogens with zero attached hydrogens (tertiary/aromatic N) is 2. The first-order valence-corrected chi connectivity index (χ1v) is 11.5. The smallest absolute Gasteiger partial charge is 0.243 e. The molecule has 3 unspecified atom stereocenters. The summed E-state index contributed by atoms with van der Waals surface area (Å²) in [6.07, 6.45) is 3.23. The molecule has 0 bridgehead atoms. The van der Waals surface area contributed by atoms with Crippen LogP contribution in [0.15, 0.2) is 34.2 Å². The summed E-state index contributed by atoms with van der Waals surface area (Å²) in [6.45, 7) is 8.97. The fraction of sp³-hybridized carbons (Fsp3) is 0.650. The highest BCUT2D eigenvalue weighted by atomic mass is 32.2. The van der Waals surface area contributed by atoms with E-state index in [9.17, 15) is 8.42 Å². The fourth-order valence-electron chi connectivity index (χ4n) is 3.47. The van der Waals surface area contributed by atoms with Crippen molar-refractivity contribution in [1.82, 2.24) is 14.9 Å². The minimum absolute atomic E-state index is 0.376. The molecule has 7 heteroatoms. The van der Waals surface area contributed by atoms with Crippen molar-refractivity contribution in [2.24, 2.45) is 16.8 Å². The zero-order valence-electron chi connectivity index (χ0n) is 16.6. The maximum atomic E-state index is 12.8. The van der Waals surface area contributed by atoms with Crippen molar-refractivity contribution in [1.29, 1.82) is 0 Å². The van der Waals surface area contributed by atoms with Gasteiger partial charge in [0.25, 0.3) is 0 Å². The van der Waals surface area contributed by atoms with Crippen LogP contribution in [-0.2, 0) is 16.6 Å². The quantitative estimate of drug-likeness (QED) is 0.576. The van der Waals surface area contributed by atoms with Crippen LogP contribution in [0.2, 0.25) is 0 Å². The van der Waals surface area contributed by atoms with Crippen LogP contribution >= 0.6 is 0 Å². The van der Waals surface area contributed by atoms with Gasteiger partial charge in [-0.25, -0.2) is 13.4 Å². The molecule has 1 saturated carbocycles. The molecular weight excluding hydrogens is 360 g/mol. The van der Waals surface area contributed by atoms with Crippen molar-refractivity contribution < 1.29 is 8.42 Å². The highest BCUT2D eigenvalue weighted by Crippen LogP contribution is 2.28. The number of rotatable bonds is 6. The number of hydrogen-bond donors (Lipinski definition) is 2. The van der Waals surface area contributed by atoms with E-state index >= 15 is 0 Å². The monoisotopic (exact) mass is 392 g/mol. The second kappa shape index (κ2) is 8.61. The molecule has 0 spiro atoms. The standard InChI is InChI=1S/C20H32N4O2S/c1-4-21-20(23-19-12-16(19)3)22-13-17-7-9-18(10-8-17)27(25,26)24-11-5-6-15(2)14-24/h7-10,15-16,19H,4-6,11-14H2,1-3H3,(H2,21,22,23). The van der Waals surface area contributed by atoms with Crippen molar-refractivity contribution in [3.05, 3.63) is 29.8 Å². The molecule has 3 atom stereocenters. The Morgan fingerprint density at radius 1 is 1.26 bits per heavy atom. The highest BCUT2D eigenvalue weighted by molar-refractivity contribution is 7.89. The van der Waals surface area contributed by atoms with Crippen LogP contribution in [0.25, 0.3) is 0 Å². The lowest BCUT2D eigenvalue weighted by molar-refractivity contribution is 0.281. The Morgan fingerprint density at radius 3 is 2.56 bits per heavy atom. The second-order valence-electron chi connectivity index (χ2n) is 7.91. The van der Waals surface area contributed by atoms with Gasteiger partial charge in [0.05, 0.1) is 11.4 Å². The summed E-state index contributed by atoms with van der Waals surface area (Å²) in [6, 6.07) is 7.67. The Labute approximate surface area is 163 Å². The first-order chi connectivity index (χ1) is 12.9. The summed E-state index contributed by atoms with van der Waals surface area (Å²) in [5.74, 6) is 1.95. The van der Waals surface area contributed by atoms with E-state index in [-0.39, 0.29) is 0 Å². The minimum Gasteiger partial charge on any atom is -0.357 e. The molecule has 3 rings (SSSR count). The van der Waals surface area contributed by atoms with Gasteiger partial charge in [0.1, 0.15) is 0 Å². The predicted octanol–water partition coefficient (Wildman–Crippen LogP) is 2.57. The van der Waals surface area contributed by atoms with Crippen molar-refractivity contribution in [3.63, 3.8) is 0 Å². The third-order valence-corrected chi connectivity index (χ3v) is 7.26. The van der Waals surface area contributed by atoms with E-state index in [0.717, 1.165) is 30.9 Å². The van der Waals surface area contributed by atoms with Crippen molar-refractivity contribution in [2.45, 2.75) is 57.5 Å². The number of aliphatic imine (C=N–C) groups is 1. The van der Waals surface area contributed by atoms with Gasteiger partial charge in [-0.2, -0.15) is 4.31 Å². The van der Waals surface area contributed by atoms with Gasteiger partial charge in [0, 0.05) is 25.7 Å². The fourth-order valence-corrected chi connectivity index (χ4v) is 5.07. The first kappa shape index (κ1) is 20.1. The number of sulfonamides is 1. The average molecular weight is 393 g/mol. The summed E-state index contributed by atoms with van der Waals surface area (Å²) in [5.41, 5.74) is 1.00. The lowest BCUT2D eigenvalue weighted by Crippen LogP contribution is -2.39. The minimum atomic E-state index is -3.39. The largest absolute Gasteiger partial charge is 0.357 e. The van der Waals surface area contributed by atoms with E-state index in [1.807, 2.05) is 12.1 Å². The number of hydrogen-bond acceptors (Lipinski definition) is 3. The van der Waals surface area contributed by atoms with Crippen molar-refractivity contribution >= 4 is 16.0 Å². The summed E-state index contributed by atoms with van der Waals surface area (Å²) in [5, 5.41) is 6.69. The van der Waals surface area contributed by atoms with E-state index in [1.54, 1.807) is 16.4 Å². The van der Waals surface area contributed by atoms with Gasteiger partial charge in [0.15, 0.2) is 5.96 Å². The van der Waals surface area contributed by atoms with Gasteiger partial charge in [-0.1, -0.05) is 26.0 Å². The Kier molecular flexibility index (Phi) is 6.42. The summed E-state index contributed by atoms with van der Waals surface area (Å²) < 4.78 is 27.3. The number of benzene rings is 1. The van der Waals surface area contributed by atoms with Gasteiger partial charge in [-0.3, -0.25) is 0 Å². The molecule has 150 valence electrons. The maximum absolute atomic E-state index is 12.8. The topological polar surface area (TPSA) is 73.8 Å². The van der Waals surface area contributed by atoms with E-state index in [0.29, 0.717) is 42.4 Å². The maximum Gasteiger partial charge on any atom is 0.243 e. The zero-order chi connectivity index (χ0) is 19.4. The van der Waals surface area contributed by atoms with E-state index in [1.165, 1.54) is 6.42 Å². The van der Waals surface area contributed by atoms with Gasteiger partial charge < -0.3 is 10.6 Å². The van der Waals surface area contributed by atoms with Crippen molar-refractivity contribution in [3.8, 4) is 0 Å². The third kappa shape index (κ3) is 5.23. The SMILES string of the molecule is CCNC(=NCc1ccc(S(=O)(=O)N2CCCC(C)C2)cc1)NC1CC1C. The lowest BCUT2D eigenvalue weighted by atomic mass is 10.0. The van der Waals surface area contributed by atoms with Crippen LogP contribution in [-0.4, -0.2) is 44.4 Å². The van der Waals surface area contributed by atoms with Gasteiger partial charge in [-0.05, 0) is 55.7 Å². The van der Waals surface area contributed by atoms with E-state index in [4.69, 9.17) is 0 Å². The Morgan fingerprint density at radius 2 is 1.96 bits per heavy atom. The molecule has 1 aromatic rings. The van der Waals surface area contributed by atoms with Crippen LogP contribution < -0.4 is 10.6 Å². The molecule has 1 saturated heterocycles. The zero-order valence-corrected chi connectivity index (χ0v) is 17.4. The number of nitrogens with one attached hydrogen (secondary N) is 2. The Balaban J connectivity index is 1.64. The summed E-state index contributed by atoms with van der Waals surface area (Å²) >= 11 is 0. The molecule has 6 nitrogen and oxygen atoms in total. The molecule has 1 aliphatic carbocycles. The van der Waals surface area contributed by atoms with Crippen LogP contribution in [0.5, 0.6) is 0 Å². The molecule has 1 aromatic carbocycles. The van der Waals surface area contributed by atoms with Crippen LogP contribution in [0.3, 0.4) is 0 Å². The number of guanidine groups is 1.